The van der Waals surface area contributed by atoms with E-state index in [2.05, 4.69) is 15.5 Å². The molecule has 0 fully saturated rings. The van der Waals surface area contributed by atoms with Crippen LogP contribution in [0, 0.1) is 0 Å². The number of benzene rings is 1. The standard InChI is InChI=1S/C13H16ClN3O3/c1-18-6-5-15-8-12-16-13(17-20-12)10-4-3-9(14)7-11(10)19-2/h3-4,7,15H,5-6,8H2,1-2H3. The van der Waals surface area contributed by atoms with E-state index in [0.717, 1.165) is 12.1 Å². The number of aromatic nitrogens is 2. The molecule has 1 aromatic heterocycles. The van der Waals surface area contributed by atoms with Gasteiger partial charge in [0.1, 0.15) is 5.75 Å². The molecule has 6 nitrogen and oxygen atoms in total. The smallest absolute Gasteiger partial charge is 0.240 e. The first-order valence-corrected chi connectivity index (χ1v) is 6.48. The summed E-state index contributed by atoms with van der Waals surface area (Å²) in [6.07, 6.45) is 0. The minimum atomic E-state index is 0.474. The molecule has 2 rings (SSSR count). The third-order valence-corrected chi connectivity index (χ3v) is 2.87. The van der Waals surface area contributed by atoms with Crippen molar-refractivity contribution in [3.8, 4) is 17.1 Å². The lowest BCUT2D eigenvalue weighted by Crippen LogP contribution is -2.18. The Hall–Kier alpha value is -1.63. The molecule has 0 atom stereocenters. The highest BCUT2D eigenvalue weighted by Crippen LogP contribution is 2.30. The highest BCUT2D eigenvalue weighted by molar-refractivity contribution is 6.30. The van der Waals surface area contributed by atoms with Crippen molar-refractivity contribution >= 4 is 11.6 Å². The van der Waals surface area contributed by atoms with E-state index in [-0.39, 0.29) is 0 Å². The van der Waals surface area contributed by atoms with E-state index in [9.17, 15) is 0 Å². The van der Waals surface area contributed by atoms with E-state index in [1.807, 2.05) is 0 Å². The summed E-state index contributed by atoms with van der Waals surface area (Å²) < 4.78 is 15.4. The van der Waals surface area contributed by atoms with Crippen molar-refractivity contribution in [2.24, 2.45) is 0 Å². The Kier molecular flexibility index (Phi) is 5.34. The fourth-order valence-electron chi connectivity index (χ4n) is 1.66. The van der Waals surface area contributed by atoms with Gasteiger partial charge in [-0.05, 0) is 18.2 Å². The van der Waals surface area contributed by atoms with Gasteiger partial charge in [0.05, 0.1) is 25.8 Å². The van der Waals surface area contributed by atoms with Crippen molar-refractivity contribution in [2.75, 3.05) is 27.4 Å². The number of nitrogens with zero attached hydrogens (tertiary/aromatic N) is 2. The van der Waals surface area contributed by atoms with Crippen LogP contribution in [0.2, 0.25) is 5.02 Å². The second kappa shape index (κ2) is 7.23. The predicted octanol–water partition coefficient (Wildman–Crippen LogP) is 2.13. The van der Waals surface area contributed by atoms with Gasteiger partial charge < -0.3 is 19.3 Å². The quantitative estimate of drug-likeness (QED) is 0.790. The number of rotatable bonds is 7. The van der Waals surface area contributed by atoms with Crippen LogP contribution >= 0.6 is 11.6 Å². The van der Waals surface area contributed by atoms with Crippen LogP contribution in [-0.4, -0.2) is 37.5 Å². The van der Waals surface area contributed by atoms with Crippen molar-refractivity contribution < 1.29 is 14.0 Å². The maximum Gasteiger partial charge on any atom is 0.240 e. The second-order valence-electron chi connectivity index (χ2n) is 4.03. The lowest BCUT2D eigenvalue weighted by atomic mass is 10.2. The van der Waals surface area contributed by atoms with E-state index in [4.69, 9.17) is 25.6 Å². The van der Waals surface area contributed by atoms with E-state index in [1.165, 1.54) is 0 Å². The number of halogens is 1. The number of hydrogen-bond acceptors (Lipinski definition) is 6. The van der Waals surface area contributed by atoms with E-state index in [0.29, 0.717) is 35.6 Å². The van der Waals surface area contributed by atoms with Gasteiger partial charge in [0.2, 0.25) is 11.7 Å². The number of hydrogen-bond donors (Lipinski definition) is 1. The maximum absolute atomic E-state index is 5.92. The molecular weight excluding hydrogens is 282 g/mol. The first kappa shape index (κ1) is 14.8. The number of ether oxygens (including phenoxy) is 2. The van der Waals surface area contributed by atoms with Crippen LogP contribution < -0.4 is 10.1 Å². The minimum Gasteiger partial charge on any atom is -0.496 e. The Bertz CT molecular complexity index is 560. The molecule has 0 radical (unpaired) electrons. The molecule has 20 heavy (non-hydrogen) atoms. The fraction of sp³-hybridized carbons (Fsp3) is 0.385. The summed E-state index contributed by atoms with van der Waals surface area (Å²) in [4.78, 5) is 4.31. The molecule has 0 saturated carbocycles. The highest BCUT2D eigenvalue weighted by Gasteiger charge is 2.13. The van der Waals surface area contributed by atoms with Gasteiger partial charge in [0.15, 0.2) is 0 Å². The van der Waals surface area contributed by atoms with Crippen molar-refractivity contribution in [1.82, 2.24) is 15.5 Å². The van der Waals surface area contributed by atoms with Crippen molar-refractivity contribution in [2.45, 2.75) is 6.54 Å². The highest BCUT2D eigenvalue weighted by atomic mass is 35.5. The second-order valence-corrected chi connectivity index (χ2v) is 4.46. The molecule has 1 N–H and O–H groups in total. The summed E-state index contributed by atoms with van der Waals surface area (Å²) in [6, 6.07) is 5.27. The van der Waals surface area contributed by atoms with Crippen LogP contribution in [0.5, 0.6) is 5.75 Å². The lowest BCUT2D eigenvalue weighted by molar-refractivity contribution is 0.197. The average molecular weight is 298 g/mol. The van der Waals surface area contributed by atoms with Crippen molar-refractivity contribution in [3.05, 3.63) is 29.1 Å². The van der Waals surface area contributed by atoms with E-state index >= 15 is 0 Å². The Balaban J connectivity index is 2.08. The number of methoxy groups -OCH3 is 2. The molecule has 0 aliphatic rings. The molecule has 0 spiro atoms. The molecule has 0 saturated heterocycles. The molecular formula is C13H16ClN3O3. The summed E-state index contributed by atoms with van der Waals surface area (Å²) in [6.45, 7) is 1.84. The molecule has 1 heterocycles. The SMILES string of the molecule is COCCNCc1nc(-c2ccc(Cl)cc2OC)no1. The van der Waals surface area contributed by atoms with Gasteiger partial charge in [-0.2, -0.15) is 4.98 Å². The van der Waals surface area contributed by atoms with E-state index in [1.54, 1.807) is 32.4 Å². The largest absolute Gasteiger partial charge is 0.496 e. The maximum atomic E-state index is 5.92. The van der Waals surface area contributed by atoms with Gasteiger partial charge in [-0.1, -0.05) is 16.8 Å². The Morgan fingerprint density at radius 3 is 2.95 bits per heavy atom. The van der Waals surface area contributed by atoms with Gasteiger partial charge in [-0.3, -0.25) is 0 Å². The van der Waals surface area contributed by atoms with Gasteiger partial charge in [-0.15, -0.1) is 0 Å². The summed E-state index contributed by atoms with van der Waals surface area (Å²) in [5, 5.41) is 7.67. The fourth-order valence-corrected chi connectivity index (χ4v) is 1.82. The average Bonchev–Trinajstić information content (AvgIpc) is 2.92. The predicted molar refractivity (Wildman–Crippen MR) is 74.9 cm³/mol. The van der Waals surface area contributed by atoms with Gasteiger partial charge in [0.25, 0.3) is 0 Å². The normalized spacial score (nSPS) is 10.8. The molecule has 0 aliphatic carbocycles. The first-order valence-electron chi connectivity index (χ1n) is 6.10. The molecule has 0 unspecified atom stereocenters. The summed E-state index contributed by atoms with van der Waals surface area (Å²) in [5.74, 6) is 1.59. The Morgan fingerprint density at radius 1 is 1.35 bits per heavy atom. The van der Waals surface area contributed by atoms with E-state index < -0.39 is 0 Å². The first-order chi connectivity index (χ1) is 9.74. The molecule has 1 aromatic carbocycles. The zero-order chi connectivity index (χ0) is 14.4. The minimum absolute atomic E-state index is 0.474. The zero-order valence-electron chi connectivity index (χ0n) is 11.4. The van der Waals surface area contributed by atoms with Crippen LogP contribution in [0.3, 0.4) is 0 Å². The Labute approximate surface area is 122 Å². The molecule has 0 bridgehead atoms. The molecule has 0 amide bonds. The third-order valence-electron chi connectivity index (χ3n) is 2.63. The summed E-state index contributed by atoms with van der Waals surface area (Å²) in [5.41, 5.74) is 0.740. The van der Waals surface area contributed by atoms with Crippen molar-refractivity contribution in [3.63, 3.8) is 0 Å². The zero-order valence-corrected chi connectivity index (χ0v) is 12.1. The Morgan fingerprint density at radius 2 is 2.20 bits per heavy atom. The lowest BCUT2D eigenvalue weighted by Gasteiger charge is -2.04. The monoisotopic (exact) mass is 297 g/mol. The number of nitrogens with one attached hydrogen (secondary N) is 1. The molecule has 0 aliphatic heterocycles. The van der Waals surface area contributed by atoms with Crippen LogP contribution in [0.25, 0.3) is 11.4 Å². The van der Waals surface area contributed by atoms with Crippen LogP contribution in [0.15, 0.2) is 22.7 Å². The third kappa shape index (κ3) is 3.69. The van der Waals surface area contributed by atoms with Gasteiger partial charge in [0, 0.05) is 18.7 Å². The molecule has 7 heteroatoms. The van der Waals surface area contributed by atoms with Gasteiger partial charge >= 0.3 is 0 Å². The summed E-state index contributed by atoms with van der Waals surface area (Å²) >= 11 is 5.92. The van der Waals surface area contributed by atoms with Crippen LogP contribution in [-0.2, 0) is 11.3 Å². The van der Waals surface area contributed by atoms with Gasteiger partial charge in [-0.25, -0.2) is 0 Å². The van der Waals surface area contributed by atoms with Crippen LogP contribution in [0.4, 0.5) is 0 Å². The molecule has 108 valence electrons. The topological polar surface area (TPSA) is 69.4 Å². The van der Waals surface area contributed by atoms with Crippen molar-refractivity contribution in [1.29, 1.82) is 0 Å². The molecule has 2 aromatic rings. The van der Waals surface area contributed by atoms with Crippen LogP contribution in [0.1, 0.15) is 5.89 Å². The summed E-state index contributed by atoms with van der Waals surface area (Å²) in [7, 11) is 3.22.